The van der Waals surface area contributed by atoms with Crippen molar-refractivity contribution in [2.45, 2.75) is 0 Å². The van der Waals surface area contributed by atoms with Gasteiger partial charge in [0, 0.05) is 6.54 Å². The topological polar surface area (TPSA) is 37.8 Å². The van der Waals surface area contributed by atoms with E-state index in [1.807, 2.05) is 0 Å². The number of rotatable bonds is 3. The van der Waals surface area contributed by atoms with Crippen molar-refractivity contribution in [3.05, 3.63) is 16.5 Å². The summed E-state index contributed by atoms with van der Waals surface area (Å²) in [5.41, 5.74) is 0. The molecule has 0 aliphatic carbocycles. The minimum absolute atomic E-state index is 0.0840. The summed E-state index contributed by atoms with van der Waals surface area (Å²) in [5, 5.41) is 3.07. The lowest BCUT2D eigenvalue weighted by Crippen LogP contribution is -2.05. The van der Waals surface area contributed by atoms with Gasteiger partial charge in [-0.3, -0.25) is 0 Å². The van der Waals surface area contributed by atoms with Gasteiger partial charge in [-0.2, -0.15) is 4.98 Å². The van der Waals surface area contributed by atoms with Gasteiger partial charge in [0.1, 0.15) is 17.5 Å². The average molecular weight is 210 g/mol. The van der Waals surface area contributed by atoms with E-state index in [4.69, 9.17) is 23.2 Å². The first-order valence-corrected chi connectivity index (χ1v) is 3.97. The number of nitrogens with one attached hydrogen (secondary N) is 1. The third kappa shape index (κ3) is 2.46. The van der Waals surface area contributed by atoms with E-state index in [1.165, 1.54) is 6.20 Å². The third-order valence-electron chi connectivity index (χ3n) is 1.10. The molecule has 3 nitrogen and oxygen atoms in total. The van der Waals surface area contributed by atoms with Crippen LogP contribution in [0, 0.1) is 0 Å². The molecule has 0 aromatic carbocycles. The predicted molar refractivity (Wildman–Crippen MR) is 46.5 cm³/mol. The van der Waals surface area contributed by atoms with Gasteiger partial charge in [-0.05, 0) is 11.6 Å². The molecule has 66 valence electrons. The van der Waals surface area contributed by atoms with Crippen LogP contribution in [0.2, 0.25) is 10.3 Å². The normalized spacial score (nSPS) is 9.92. The molecule has 0 bridgehead atoms. The maximum atomic E-state index is 11.7. The summed E-state index contributed by atoms with van der Waals surface area (Å²) >= 11 is 11.1. The fourth-order valence-corrected chi connectivity index (χ4v) is 0.926. The Morgan fingerprint density at radius 2 is 2.25 bits per heavy atom. The molecule has 0 aliphatic rings. The van der Waals surface area contributed by atoms with Crippen LogP contribution in [0.3, 0.4) is 0 Å². The minimum Gasteiger partial charge on any atom is -0.366 e. The molecule has 1 heterocycles. The maximum Gasteiger partial charge on any atom is 0.224 e. The van der Waals surface area contributed by atoms with Gasteiger partial charge in [0.05, 0.1) is 6.20 Å². The molecule has 1 rings (SSSR count). The highest BCUT2D eigenvalue weighted by molar-refractivity contribution is 6.33. The molecule has 0 aliphatic heterocycles. The van der Waals surface area contributed by atoms with Crippen LogP contribution in [-0.4, -0.2) is 23.2 Å². The van der Waals surface area contributed by atoms with Gasteiger partial charge in [-0.25, -0.2) is 9.37 Å². The first-order chi connectivity index (χ1) is 5.74. The Balaban J connectivity index is 2.75. The van der Waals surface area contributed by atoms with E-state index in [0.29, 0.717) is 10.8 Å². The minimum atomic E-state index is -0.488. The van der Waals surface area contributed by atoms with Crippen molar-refractivity contribution < 1.29 is 4.39 Å². The smallest absolute Gasteiger partial charge is 0.224 e. The summed E-state index contributed by atoms with van der Waals surface area (Å²) in [6, 6.07) is 0. The number of hydrogen-bond acceptors (Lipinski definition) is 3. The standard InChI is InChI=1S/C6H6Cl2FN3/c7-4-3-11-6(8)12-5(4)10-2-1-9/h3H,1-2H2,(H,10,11,12). The molecule has 0 spiro atoms. The molecule has 0 saturated carbocycles. The number of alkyl halides is 1. The second-order valence-corrected chi connectivity index (χ2v) is 2.70. The van der Waals surface area contributed by atoms with Crippen LogP contribution in [0.5, 0.6) is 0 Å². The highest BCUT2D eigenvalue weighted by Crippen LogP contribution is 2.18. The molecule has 0 atom stereocenters. The van der Waals surface area contributed by atoms with Gasteiger partial charge in [0.15, 0.2) is 0 Å². The van der Waals surface area contributed by atoms with Crippen molar-refractivity contribution in [2.24, 2.45) is 0 Å². The second kappa shape index (κ2) is 4.42. The molecule has 0 amide bonds. The van der Waals surface area contributed by atoms with Crippen molar-refractivity contribution in [3.63, 3.8) is 0 Å². The fourth-order valence-electron chi connectivity index (χ4n) is 0.635. The van der Waals surface area contributed by atoms with E-state index >= 15 is 0 Å². The molecular formula is C6H6Cl2FN3. The molecule has 1 aromatic heterocycles. The van der Waals surface area contributed by atoms with Crippen LogP contribution >= 0.6 is 23.2 Å². The second-order valence-electron chi connectivity index (χ2n) is 1.95. The van der Waals surface area contributed by atoms with Gasteiger partial charge in [-0.15, -0.1) is 0 Å². The molecule has 0 radical (unpaired) electrons. The number of aromatic nitrogens is 2. The third-order valence-corrected chi connectivity index (χ3v) is 1.56. The summed E-state index contributed by atoms with van der Waals surface area (Å²) < 4.78 is 11.7. The average Bonchev–Trinajstić information content (AvgIpc) is 2.07. The van der Waals surface area contributed by atoms with Gasteiger partial charge < -0.3 is 5.32 Å². The molecule has 0 unspecified atom stereocenters. The molecule has 12 heavy (non-hydrogen) atoms. The predicted octanol–water partition coefficient (Wildman–Crippen LogP) is 2.16. The molecule has 1 N–H and O–H groups in total. The van der Waals surface area contributed by atoms with E-state index in [0.717, 1.165) is 0 Å². The number of nitrogens with zero attached hydrogens (tertiary/aromatic N) is 2. The zero-order valence-electron chi connectivity index (χ0n) is 6.02. The largest absolute Gasteiger partial charge is 0.366 e. The van der Waals surface area contributed by atoms with E-state index in [9.17, 15) is 4.39 Å². The van der Waals surface area contributed by atoms with Crippen LogP contribution in [0.1, 0.15) is 0 Å². The van der Waals surface area contributed by atoms with Crippen molar-refractivity contribution in [1.82, 2.24) is 9.97 Å². The lowest BCUT2D eigenvalue weighted by Gasteiger charge is -2.03. The van der Waals surface area contributed by atoms with Gasteiger partial charge in [-0.1, -0.05) is 11.6 Å². The molecule has 6 heteroatoms. The molecule has 0 saturated heterocycles. The summed E-state index contributed by atoms with van der Waals surface area (Å²) in [6.07, 6.45) is 1.36. The number of halogens is 3. The Labute approximate surface area is 78.9 Å². The van der Waals surface area contributed by atoms with Crippen LogP contribution in [0.15, 0.2) is 6.20 Å². The van der Waals surface area contributed by atoms with Crippen molar-refractivity contribution in [3.8, 4) is 0 Å². The Kier molecular flexibility index (Phi) is 3.49. The van der Waals surface area contributed by atoms with E-state index < -0.39 is 6.67 Å². The molecular weight excluding hydrogens is 204 g/mol. The zero-order chi connectivity index (χ0) is 8.97. The summed E-state index contributed by atoms with van der Waals surface area (Å²) in [7, 11) is 0. The molecule has 0 fully saturated rings. The van der Waals surface area contributed by atoms with Crippen LogP contribution < -0.4 is 5.32 Å². The van der Waals surface area contributed by atoms with Crippen molar-refractivity contribution in [1.29, 1.82) is 0 Å². The molecule has 1 aromatic rings. The summed E-state index contributed by atoms with van der Waals surface area (Å²) in [6.45, 7) is -0.328. The first-order valence-electron chi connectivity index (χ1n) is 3.22. The van der Waals surface area contributed by atoms with Crippen LogP contribution in [0.4, 0.5) is 10.2 Å². The van der Waals surface area contributed by atoms with Gasteiger partial charge in [0.2, 0.25) is 5.28 Å². The Hall–Kier alpha value is -0.610. The lowest BCUT2D eigenvalue weighted by atomic mass is 10.5. The zero-order valence-corrected chi connectivity index (χ0v) is 7.53. The van der Waals surface area contributed by atoms with Crippen LogP contribution in [0.25, 0.3) is 0 Å². The fraction of sp³-hybridized carbons (Fsp3) is 0.333. The maximum absolute atomic E-state index is 11.7. The summed E-state index contributed by atoms with van der Waals surface area (Å²) in [5.74, 6) is 0.356. The van der Waals surface area contributed by atoms with Gasteiger partial charge in [0.25, 0.3) is 0 Å². The SMILES string of the molecule is FCCNc1nc(Cl)ncc1Cl. The number of hydrogen-bond donors (Lipinski definition) is 1. The van der Waals surface area contributed by atoms with Gasteiger partial charge >= 0.3 is 0 Å². The lowest BCUT2D eigenvalue weighted by molar-refractivity contribution is 0.512. The number of anilines is 1. The van der Waals surface area contributed by atoms with E-state index in [2.05, 4.69) is 15.3 Å². The highest BCUT2D eigenvalue weighted by Gasteiger charge is 2.02. The Morgan fingerprint density at radius 3 is 2.92 bits per heavy atom. The quantitative estimate of drug-likeness (QED) is 0.776. The Morgan fingerprint density at radius 1 is 1.50 bits per heavy atom. The van der Waals surface area contributed by atoms with E-state index in [-0.39, 0.29) is 11.8 Å². The van der Waals surface area contributed by atoms with Crippen LogP contribution in [-0.2, 0) is 0 Å². The van der Waals surface area contributed by atoms with Crippen molar-refractivity contribution in [2.75, 3.05) is 18.5 Å². The summed E-state index contributed by atoms with van der Waals surface area (Å²) in [4.78, 5) is 7.39. The van der Waals surface area contributed by atoms with Crippen molar-refractivity contribution >= 4 is 29.0 Å². The highest BCUT2D eigenvalue weighted by atomic mass is 35.5. The van der Waals surface area contributed by atoms with E-state index in [1.54, 1.807) is 0 Å². The first kappa shape index (κ1) is 9.48. The monoisotopic (exact) mass is 209 g/mol. The Bertz CT molecular complexity index is 269.